The largest absolute Gasteiger partial charge is 0.369 e. The van der Waals surface area contributed by atoms with Gasteiger partial charge in [0.25, 0.3) is 0 Å². The van der Waals surface area contributed by atoms with Crippen molar-refractivity contribution in [3.8, 4) is 0 Å². The van der Waals surface area contributed by atoms with Crippen molar-refractivity contribution in [2.24, 2.45) is 5.73 Å². The van der Waals surface area contributed by atoms with Gasteiger partial charge in [-0.05, 0) is 31.5 Å². The van der Waals surface area contributed by atoms with E-state index >= 15 is 0 Å². The number of carbonyl (C=O) groups is 1. The molecule has 1 amide bonds. The lowest BCUT2D eigenvalue weighted by Crippen LogP contribution is -2.29. The standard InChI is InChI=1S/C11H16N4O/c12-11(16)8-3-4-10(14-6-8)15-7-9-2-1-5-13-9/h3-4,6,9,13H,1-2,5,7H2,(H2,12,16)(H,14,15). The van der Waals surface area contributed by atoms with Gasteiger partial charge in [0.1, 0.15) is 5.82 Å². The van der Waals surface area contributed by atoms with Gasteiger partial charge in [-0.3, -0.25) is 4.79 Å². The van der Waals surface area contributed by atoms with Crippen molar-refractivity contribution in [2.45, 2.75) is 18.9 Å². The van der Waals surface area contributed by atoms with Crippen LogP contribution in [-0.2, 0) is 0 Å². The van der Waals surface area contributed by atoms with Gasteiger partial charge in [0.15, 0.2) is 0 Å². The highest BCUT2D eigenvalue weighted by molar-refractivity contribution is 5.92. The second-order valence-electron chi connectivity index (χ2n) is 3.97. The summed E-state index contributed by atoms with van der Waals surface area (Å²) in [5, 5.41) is 6.62. The number of amides is 1. The Hall–Kier alpha value is -1.62. The Bertz CT molecular complexity index is 357. The van der Waals surface area contributed by atoms with Crippen LogP contribution in [0.2, 0.25) is 0 Å². The van der Waals surface area contributed by atoms with Crippen LogP contribution in [0, 0.1) is 0 Å². The van der Waals surface area contributed by atoms with E-state index in [1.807, 2.05) is 0 Å². The highest BCUT2D eigenvalue weighted by atomic mass is 16.1. The number of hydrogen-bond acceptors (Lipinski definition) is 4. The summed E-state index contributed by atoms with van der Waals surface area (Å²) in [5.74, 6) is 0.329. The SMILES string of the molecule is NC(=O)c1ccc(NCC2CCCN2)nc1. The number of nitrogens with one attached hydrogen (secondary N) is 2. The molecular formula is C11H16N4O. The van der Waals surface area contributed by atoms with Crippen LogP contribution < -0.4 is 16.4 Å². The average molecular weight is 220 g/mol. The maximum atomic E-state index is 10.8. The van der Waals surface area contributed by atoms with E-state index in [9.17, 15) is 4.79 Å². The molecule has 0 radical (unpaired) electrons. The van der Waals surface area contributed by atoms with Gasteiger partial charge >= 0.3 is 0 Å². The number of carbonyl (C=O) groups excluding carboxylic acids is 1. The predicted molar refractivity (Wildman–Crippen MR) is 62.3 cm³/mol. The molecule has 1 aliphatic heterocycles. The summed E-state index contributed by atoms with van der Waals surface area (Å²) < 4.78 is 0. The zero-order valence-electron chi connectivity index (χ0n) is 9.07. The zero-order chi connectivity index (χ0) is 11.4. The fraction of sp³-hybridized carbons (Fsp3) is 0.455. The van der Waals surface area contributed by atoms with E-state index in [0.29, 0.717) is 11.6 Å². The molecule has 0 saturated carbocycles. The number of anilines is 1. The highest BCUT2D eigenvalue weighted by Crippen LogP contribution is 2.08. The molecular weight excluding hydrogens is 204 g/mol. The summed E-state index contributed by atoms with van der Waals surface area (Å²) in [6, 6.07) is 3.98. The monoisotopic (exact) mass is 220 g/mol. The third-order valence-electron chi connectivity index (χ3n) is 2.74. The molecule has 86 valence electrons. The average Bonchev–Trinajstić information content (AvgIpc) is 2.80. The quantitative estimate of drug-likeness (QED) is 0.683. The van der Waals surface area contributed by atoms with Gasteiger partial charge < -0.3 is 16.4 Å². The molecule has 1 aromatic heterocycles. The first-order valence-electron chi connectivity index (χ1n) is 5.49. The molecule has 5 nitrogen and oxygen atoms in total. The molecule has 16 heavy (non-hydrogen) atoms. The molecule has 0 spiro atoms. The van der Waals surface area contributed by atoms with Crippen molar-refractivity contribution in [2.75, 3.05) is 18.4 Å². The Morgan fingerprint density at radius 2 is 2.50 bits per heavy atom. The van der Waals surface area contributed by atoms with Crippen molar-refractivity contribution in [1.82, 2.24) is 10.3 Å². The Kier molecular flexibility index (Phi) is 3.36. The lowest BCUT2D eigenvalue weighted by Gasteiger charge is -2.11. The van der Waals surface area contributed by atoms with Crippen molar-refractivity contribution in [3.63, 3.8) is 0 Å². The molecule has 1 unspecified atom stereocenters. The van der Waals surface area contributed by atoms with Crippen molar-refractivity contribution in [3.05, 3.63) is 23.9 Å². The van der Waals surface area contributed by atoms with E-state index in [0.717, 1.165) is 18.9 Å². The third-order valence-corrected chi connectivity index (χ3v) is 2.74. The fourth-order valence-electron chi connectivity index (χ4n) is 1.80. The van der Waals surface area contributed by atoms with Gasteiger partial charge in [0, 0.05) is 18.8 Å². The van der Waals surface area contributed by atoms with Crippen molar-refractivity contribution in [1.29, 1.82) is 0 Å². The number of aromatic nitrogens is 1. The van der Waals surface area contributed by atoms with E-state index in [-0.39, 0.29) is 0 Å². The van der Waals surface area contributed by atoms with Gasteiger partial charge in [-0.2, -0.15) is 0 Å². The summed E-state index contributed by atoms with van der Waals surface area (Å²) >= 11 is 0. The topological polar surface area (TPSA) is 80.0 Å². The number of primary amides is 1. The van der Waals surface area contributed by atoms with Gasteiger partial charge in [-0.15, -0.1) is 0 Å². The number of hydrogen-bond donors (Lipinski definition) is 3. The van der Waals surface area contributed by atoms with Crippen LogP contribution in [0.1, 0.15) is 23.2 Å². The third kappa shape index (κ3) is 2.70. The predicted octanol–water partition coefficient (Wildman–Crippen LogP) is 0.344. The Morgan fingerprint density at radius 3 is 3.06 bits per heavy atom. The molecule has 0 aliphatic carbocycles. The zero-order valence-corrected chi connectivity index (χ0v) is 9.07. The molecule has 0 aromatic carbocycles. The summed E-state index contributed by atoms with van der Waals surface area (Å²) in [4.78, 5) is 15.0. The van der Waals surface area contributed by atoms with Crippen LogP contribution in [-0.4, -0.2) is 30.0 Å². The summed E-state index contributed by atoms with van der Waals surface area (Å²) in [5.41, 5.74) is 5.56. The van der Waals surface area contributed by atoms with Crippen LogP contribution in [0.5, 0.6) is 0 Å². The second-order valence-corrected chi connectivity index (χ2v) is 3.97. The van der Waals surface area contributed by atoms with Crippen molar-refractivity contribution < 1.29 is 4.79 Å². The van der Waals surface area contributed by atoms with Crippen LogP contribution in [0.15, 0.2) is 18.3 Å². The minimum Gasteiger partial charge on any atom is -0.369 e. The maximum Gasteiger partial charge on any atom is 0.250 e. The first-order chi connectivity index (χ1) is 7.75. The molecule has 1 aliphatic rings. The Morgan fingerprint density at radius 1 is 1.62 bits per heavy atom. The summed E-state index contributed by atoms with van der Waals surface area (Å²) in [7, 11) is 0. The van der Waals surface area contributed by atoms with Crippen molar-refractivity contribution >= 4 is 11.7 Å². The molecule has 1 aromatic rings. The van der Waals surface area contributed by atoms with E-state index in [1.54, 1.807) is 12.1 Å². The normalized spacial score (nSPS) is 19.6. The molecule has 0 bridgehead atoms. The first-order valence-corrected chi connectivity index (χ1v) is 5.49. The molecule has 2 rings (SSSR count). The smallest absolute Gasteiger partial charge is 0.250 e. The number of nitrogens with two attached hydrogens (primary N) is 1. The molecule has 1 atom stereocenters. The number of rotatable bonds is 4. The lowest BCUT2D eigenvalue weighted by molar-refractivity contribution is 0.1000. The Balaban J connectivity index is 1.87. The van der Waals surface area contributed by atoms with Crippen LogP contribution in [0.25, 0.3) is 0 Å². The van der Waals surface area contributed by atoms with Gasteiger partial charge in [-0.25, -0.2) is 4.98 Å². The minimum absolute atomic E-state index is 0.435. The summed E-state index contributed by atoms with van der Waals surface area (Å²) in [6.07, 6.45) is 3.93. The van der Waals surface area contributed by atoms with Gasteiger partial charge in [0.2, 0.25) is 5.91 Å². The summed E-state index contributed by atoms with van der Waals surface area (Å²) in [6.45, 7) is 1.96. The van der Waals surface area contributed by atoms with E-state index in [4.69, 9.17) is 5.73 Å². The van der Waals surface area contributed by atoms with Crippen LogP contribution in [0.4, 0.5) is 5.82 Å². The van der Waals surface area contributed by atoms with E-state index < -0.39 is 5.91 Å². The second kappa shape index (κ2) is 4.94. The number of nitrogens with zero attached hydrogens (tertiary/aromatic N) is 1. The molecule has 1 fully saturated rings. The number of pyridine rings is 1. The first kappa shape index (κ1) is 10.9. The highest BCUT2D eigenvalue weighted by Gasteiger charge is 2.13. The maximum absolute atomic E-state index is 10.8. The van der Waals surface area contributed by atoms with Gasteiger partial charge in [-0.1, -0.05) is 0 Å². The van der Waals surface area contributed by atoms with Crippen LogP contribution >= 0.6 is 0 Å². The molecule has 4 N–H and O–H groups in total. The van der Waals surface area contributed by atoms with E-state index in [1.165, 1.54) is 19.0 Å². The molecule has 5 heteroatoms. The van der Waals surface area contributed by atoms with Crippen LogP contribution in [0.3, 0.4) is 0 Å². The minimum atomic E-state index is -0.448. The lowest BCUT2D eigenvalue weighted by atomic mass is 10.2. The van der Waals surface area contributed by atoms with Gasteiger partial charge in [0.05, 0.1) is 5.56 Å². The Labute approximate surface area is 94.4 Å². The fourth-order valence-corrected chi connectivity index (χ4v) is 1.80. The van der Waals surface area contributed by atoms with E-state index in [2.05, 4.69) is 15.6 Å². The molecule has 1 saturated heterocycles. The molecule has 2 heterocycles.